The molecule has 1 unspecified atom stereocenters. The van der Waals surface area contributed by atoms with Gasteiger partial charge < -0.3 is 14.5 Å². The first-order chi connectivity index (χ1) is 12.2. The molecule has 4 heteroatoms. The number of rotatable bonds is 5. The monoisotopic (exact) mass is 338 g/mol. The largest absolute Gasteiger partial charge is 0.481 e. The van der Waals surface area contributed by atoms with Gasteiger partial charge in [-0.25, -0.2) is 0 Å². The van der Waals surface area contributed by atoms with Crippen LogP contribution in [0.1, 0.15) is 18.9 Å². The fraction of sp³-hybridized carbons (Fsp3) is 0.381. The number of hydrogen-bond acceptors (Lipinski definition) is 3. The number of piperazine rings is 1. The molecule has 1 saturated heterocycles. The van der Waals surface area contributed by atoms with Crippen LogP contribution in [-0.2, 0) is 4.79 Å². The maximum Gasteiger partial charge on any atom is 0.263 e. The van der Waals surface area contributed by atoms with Crippen LogP contribution >= 0.6 is 0 Å². The summed E-state index contributed by atoms with van der Waals surface area (Å²) in [6, 6.07) is 18.2. The van der Waals surface area contributed by atoms with Gasteiger partial charge in [-0.3, -0.25) is 4.79 Å². The molecule has 1 aliphatic rings. The van der Waals surface area contributed by atoms with Crippen LogP contribution in [0.4, 0.5) is 5.69 Å². The maximum absolute atomic E-state index is 12.8. The molecule has 2 aromatic carbocycles. The third kappa shape index (κ3) is 4.32. The van der Waals surface area contributed by atoms with Gasteiger partial charge in [0, 0.05) is 31.9 Å². The maximum atomic E-state index is 12.8. The zero-order chi connectivity index (χ0) is 17.6. The number of para-hydroxylation sites is 1. The summed E-state index contributed by atoms with van der Waals surface area (Å²) in [5.41, 5.74) is 2.40. The van der Waals surface area contributed by atoms with E-state index in [9.17, 15) is 4.79 Å². The number of ether oxygens (including phenoxy) is 1. The Morgan fingerprint density at radius 2 is 1.64 bits per heavy atom. The zero-order valence-electron chi connectivity index (χ0n) is 15.0. The first kappa shape index (κ1) is 17.3. The van der Waals surface area contributed by atoms with Gasteiger partial charge in [-0.05, 0) is 37.6 Å². The van der Waals surface area contributed by atoms with Gasteiger partial charge in [0.25, 0.3) is 5.91 Å². The van der Waals surface area contributed by atoms with Crippen LogP contribution in [-0.4, -0.2) is 43.1 Å². The van der Waals surface area contributed by atoms with Crippen molar-refractivity contribution in [3.63, 3.8) is 0 Å². The van der Waals surface area contributed by atoms with Gasteiger partial charge in [0.2, 0.25) is 0 Å². The minimum Gasteiger partial charge on any atom is -0.481 e. The Balaban J connectivity index is 1.57. The fourth-order valence-corrected chi connectivity index (χ4v) is 3.12. The lowest BCUT2D eigenvalue weighted by Crippen LogP contribution is -2.52. The molecule has 0 saturated carbocycles. The Labute approximate surface area is 150 Å². The molecule has 1 fully saturated rings. The highest BCUT2D eigenvalue weighted by molar-refractivity contribution is 5.81. The summed E-state index contributed by atoms with van der Waals surface area (Å²) in [6.45, 7) is 7.23. The van der Waals surface area contributed by atoms with Crippen LogP contribution in [0.3, 0.4) is 0 Å². The number of anilines is 1. The quantitative estimate of drug-likeness (QED) is 0.836. The molecule has 1 atom stereocenters. The van der Waals surface area contributed by atoms with E-state index in [2.05, 4.69) is 29.2 Å². The predicted molar refractivity (Wildman–Crippen MR) is 101 cm³/mol. The number of aryl methyl sites for hydroxylation is 1. The van der Waals surface area contributed by atoms with Crippen molar-refractivity contribution in [1.29, 1.82) is 0 Å². The molecule has 3 rings (SSSR count). The third-order valence-corrected chi connectivity index (χ3v) is 4.66. The van der Waals surface area contributed by atoms with Crippen LogP contribution in [0.5, 0.6) is 5.75 Å². The molecular formula is C21H26N2O2. The average Bonchev–Trinajstić information content (AvgIpc) is 2.68. The lowest BCUT2D eigenvalue weighted by molar-refractivity contribution is -0.139. The van der Waals surface area contributed by atoms with E-state index in [1.165, 1.54) is 11.3 Å². The van der Waals surface area contributed by atoms with Crippen molar-refractivity contribution in [3.8, 4) is 5.75 Å². The number of carbonyl (C=O) groups is 1. The third-order valence-electron chi connectivity index (χ3n) is 4.66. The van der Waals surface area contributed by atoms with E-state index in [-0.39, 0.29) is 5.91 Å². The van der Waals surface area contributed by atoms with Gasteiger partial charge in [-0.1, -0.05) is 42.8 Å². The Kier molecular flexibility index (Phi) is 5.59. The van der Waals surface area contributed by atoms with Gasteiger partial charge in [0.05, 0.1) is 0 Å². The second-order valence-corrected chi connectivity index (χ2v) is 6.48. The molecule has 0 aromatic heterocycles. The predicted octanol–water partition coefficient (Wildman–Crippen LogP) is 3.50. The summed E-state index contributed by atoms with van der Waals surface area (Å²) in [5, 5.41) is 0. The standard InChI is InChI=1S/C21H26N2O2/c1-3-20(25-19-11-9-17(2)10-12-19)21(24)23-15-13-22(14-16-23)18-7-5-4-6-8-18/h4-12,20H,3,13-16H2,1-2H3. The van der Waals surface area contributed by atoms with E-state index < -0.39 is 6.10 Å². The van der Waals surface area contributed by atoms with Gasteiger partial charge in [0.15, 0.2) is 6.10 Å². The van der Waals surface area contributed by atoms with E-state index in [1.54, 1.807) is 0 Å². The minimum atomic E-state index is -0.411. The SMILES string of the molecule is CCC(Oc1ccc(C)cc1)C(=O)N1CCN(c2ccccc2)CC1. The highest BCUT2D eigenvalue weighted by Gasteiger charge is 2.27. The second kappa shape index (κ2) is 8.06. The molecule has 0 N–H and O–H groups in total. The number of benzene rings is 2. The fourth-order valence-electron chi connectivity index (χ4n) is 3.12. The molecule has 0 bridgehead atoms. The van der Waals surface area contributed by atoms with Crippen molar-refractivity contribution in [2.45, 2.75) is 26.4 Å². The van der Waals surface area contributed by atoms with Crippen molar-refractivity contribution >= 4 is 11.6 Å². The Morgan fingerprint density at radius 1 is 1.00 bits per heavy atom. The molecule has 0 aliphatic carbocycles. The van der Waals surface area contributed by atoms with Gasteiger partial charge in [-0.2, -0.15) is 0 Å². The van der Waals surface area contributed by atoms with Crippen LogP contribution < -0.4 is 9.64 Å². The molecule has 1 aliphatic heterocycles. The summed E-state index contributed by atoms with van der Waals surface area (Å²) < 4.78 is 5.94. The normalized spacial score (nSPS) is 15.8. The number of hydrogen-bond donors (Lipinski definition) is 0. The van der Waals surface area contributed by atoms with E-state index in [4.69, 9.17) is 4.74 Å². The highest BCUT2D eigenvalue weighted by atomic mass is 16.5. The molecule has 132 valence electrons. The van der Waals surface area contributed by atoms with Crippen molar-refractivity contribution in [2.24, 2.45) is 0 Å². The lowest BCUT2D eigenvalue weighted by atomic mass is 10.2. The highest BCUT2D eigenvalue weighted by Crippen LogP contribution is 2.19. The summed E-state index contributed by atoms with van der Waals surface area (Å²) in [7, 11) is 0. The van der Waals surface area contributed by atoms with Gasteiger partial charge in [-0.15, -0.1) is 0 Å². The number of amides is 1. The van der Waals surface area contributed by atoms with Crippen LogP contribution in [0.2, 0.25) is 0 Å². The van der Waals surface area contributed by atoms with Crippen molar-refractivity contribution in [2.75, 3.05) is 31.1 Å². The van der Waals surface area contributed by atoms with Gasteiger partial charge >= 0.3 is 0 Å². The minimum absolute atomic E-state index is 0.0933. The van der Waals surface area contributed by atoms with E-state index in [0.717, 1.165) is 31.9 Å². The average molecular weight is 338 g/mol. The molecule has 0 spiro atoms. The van der Waals surface area contributed by atoms with Crippen molar-refractivity contribution in [1.82, 2.24) is 4.90 Å². The van der Waals surface area contributed by atoms with E-state index in [0.29, 0.717) is 6.42 Å². The molecule has 25 heavy (non-hydrogen) atoms. The smallest absolute Gasteiger partial charge is 0.263 e. The zero-order valence-corrected chi connectivity index (χ0v) is 15.0. The van der Waals surface area contributed by atoms with E-state index in [1.807, 2.05) is 49.1 Å². The number of carbonyl (C=O) groups excluding carboxylic acids is 1. The molecule has 1 heterocycles. The number of nitrogens with zero attached hydrogens (tertiary/aromatic N) is 2. The van der Waals surface area contributed by atoms with E-state index >= 15 is 0 Å². The molecule has 4 nitrogen and oxygen atoms in total. The van der Waals surface area contributed by atoms with Crippen LogP contribution in [0.15, 0.2) is 54.6 Å². The van der Waals surface area contributed by atoms with Gasteiger partial charge in [0.1, 0.15) is 5.75 Å². The molecular weight excluding hydrogens is 312 g/mol. The summed E-state index contributed by atoms with van der Waals surface area (Å²) in [4.78, 5) is 17.1. The molecule has 1 amide bonds. The summed E-state index contributed by atoms with van der Waals surface area (Å²) in [6.07, 6.45) is 0.261. The lowest BCUT2D eigenvalue weighted by Gasteiger charge is -2.37. The second-order valence-electron chi connectivity index (χ2n) is 6.48. The van der Waals surface area contributed by atoms with Crippen molar-refractivity contribution < 1.29 is 9.53 Å². The molecule has 2 aromatic rings. The van der Waals surface area contributed by atoms with Crippen molar-refractivity contribution in [3.05, 3.63) is 60.2 Å². The Hall–Kier alpha value is -2.49. The Morgan fingerprint density at radius 3 is 2.24 bits per heavy atom. The molecule has 0 radical (unpaired) electrons. The first-order valence-corrected chi connectivity index (χ1v) is 8.99. The van der Waals surface area contributed by atoms with Crippen LogP contribution in [0.25, 0.3) is 0 Å². The first-order valence-electron chi connectivity index (χ1n) is 8.99. The van der Waals surface area contributed by atoms with Crippen LogP contribution in [0, 0.1) is 6.92 Å². The Bertz CT molecular complexity index is 677. The summed E-state index contributed by atoms with van der Waals surface area (Å²) in [5.74, 6) is 0.851. The topological polar surface area (TPSA) is 32.8 Å². The summed E-state index contributed by atoms with van der Waals surface area (Å²) >= 11 is 0.